The van der Waals surface area contributed by atoms with Crippen LogP contribution in [0.1, 0.15) is 45.0 Å². The molecule has 0 amide bonds. The minimum absolute atomic E-state index is 0.136. The average Bonchev–Trinajstić information content (AvgIpc) is 2.27. The predicted molar refractivity (Wildman–Crippen MR) is 75.1 cm³/mol. The number of benzene rings is 1. The van der Waals surface area contributed by atoms with Gasteiger partial charge in [0.1, 0.15) is 11.4 Å². The molecule has 0 spiro atoms. The maximum absolute atomic E-state index is 12.1. The quantitative estimate of drug-likeness (QED) is 0.586. The van der Waals surface area contributed by atoms with E-state index in [1.165, 1.54) is 0 Å². The molecule has 0 N–H and O–H groups in total. The van der Waals surface area contributed by atoms with Crippen LogP contribution in [0.25, 0.3) is 0 Å². The third-order valence-electron chi connectivity index (χ3n) is 2.67. The van der Waals surface area contributed by atoms with Crippen LogP contribution in [0, 0.1) is 5.41 Å². The molecule has 0 heterocycles. The summed E-state index contributed by atoms with van der Waals surface area (Å²) >= 11 is 0. The molecule has 0 atom stereocenters. The van der Waals surface area contributed by atoms with E-state index in [0.717, 1.165) is 5.75 Å². The highest BCUT2D eigenvalue weighted by Crippen LogP contribution is 2.24. The van der Waals surface area contributed by atoms with Crippen molar-refractivity contribution in [3.63, 3.8) is 0 Å². The van der Waals surface area contributed by atoms with Gasteiger partial charge in [-0.05, 0) is 44.2 Å². The van der Waals surface area contributed by atoms with Crippen LogP contribution >= 0.6 is 0 Å². The largest absolute Gasteiger partial charge is 0.484 e. The molecule has 0 unspecified atom stereocenters. The number of carbonyl (C=O) groups is 1. The highest BCUT2D eigenvalue weighted by atomic mass is 16.5. The van der Waals surface area contributed by atoms with Gasteiger partial charge in [0.15, 0.2) is 5.78 Å². The Labute approximate surface area is 110 Å². The maximum Gasteiger partial charge on any atom is 0.168 e. The molecule has 0 aliphatic rings. The third kappa shape index (κ3) is 3.73. The van der Waals surface area contributed by atoms with Crippen LogP contribution in [-0.4, -0.2) is 11.4 Å². The second-order valence-corrected chi connectivity index (χ2v) is 6.01. The van der Waals surface area contributed by atoms with Gasteiger partial charge in [0, 0.05) is 11.0 Å². The molecule has 2 heteroatoms. The zero-order chi connectivity index (χ0) is 14.0. The summed E-state index contributed by atoms with van der Waals surface area (Å²) in [6.07, 6.45) is 1.75. The topological polar surface area (TPSA) is 26.3 Å². The smallest absolute Gasteiger partial charge is 0.168 e. The van der Waals surface area contributed by atoms with E-state index in [2.05, 4.69) is 6.58 Å². The molecule has 0 aliphatic heterocycles. The first kappa shape index (κ1) is 14.5. The standard InChI is InChI=1S/C16H22O2/c1-7-16(5,6)18-13-10-8-12(9-11-13)14(17)15(2,3)4/h7-11H,1H2,2-6H3. The average molecular weight is 246 g/mol. The van der Waals surface area contributed by atoms with Gasteiger partial charge in [0.25, 0.3) is 0 Å². The molecule has 1 aromatic rings. The van der Waals surface area contributed by atoms with E-state index in [1.807, 2.05) is 58.9 Å². The van der Waals surface area contributed by atoms with E-state index in [4.69, 9.17) is 4.74 Å². The first-order valence-electron chi connectivity index (χ1n) is 6.13. The molecule has 1 aromatic carbocycles. The number of hydrogen-bond donors (Lipinski definition) is 0. The maximum atomic E-state index is 12.1. The van der Waals surface area contributed by atoms with Gasteiger partial charge in [-0.15, -0.1) is 0 Å². The molecule has 0 fully saturated rings. The molecule has 0 saturated carbocycles. The molecule has 0 bridgehead atoms. The fraction of sp³-hybridized carbons (Fsp3) is 0.438. The lowest BCUT2D eigenvalue weighted by Gasteiger charge is -2.22. The highest BCUT2D eigenvalue weighted by molar-refractivity contribution is 5.99. The fourth-order valence-corrected chi connectivity index (χ4v) is 1.45. The van der Waals surface area contributed by atoms with Gasteiger partial charge < -0.3 is 4.74 Å². The van der Waals surface area contributed by atoms with Gasteiger partial charge in [-0.2, -0.15) is 0 Å². The van der Waals surface area contributed by atoms with E-state index in [-0.39, 0.29) is 11.2 Å². The molecule has 18 heavy (non-hydrogen) atoms. The van der Waals surface area contributed by atoms with Gasteiger partial charge in [-0.25, -0.2) is 0 Å². The Kier molecular flexibility index (Phi) is 4.00. The van der Waals surface area contributed by atoms with Crippen LogP contribution in [0.15, 0.2) is 36.9 Å². The summed E-state index contributed by atoms with van der Waals surface area (Å²) in [5, 5.41) is 0. The summed E-state index contributed by atoms with van der Waals surface area (Å²) in [5.74, 6) is 0.877. The minimum Gasteiger partial charge on any atom is -0.484 e. The van der Waals surface area contributed by atoms with Crippen molar-refractivity contribution < 1.29 is 9.53 Å². The first-order valence-corrected chi connectivity index (χ1v) is 6.13. The van der Waals surface area contributed by atoms with Crippen molar-refractivity contribution >= 4 is 5.78 Å². The van der Waals surface area contributed by atoms with Crippen molar-refractivity contribution in [1.82, 2.24) is 0 Å². The van der Waals surface area contributed by atoms with Crippen molar-refractivity contribution in [2.45, 2.75) is 40.2 Å². The SMILES string of the molecule is C=CC(C)(C)Oc1ccc(C(=O)C(C)(C)C)cc1. The second-order valence-electron chi connectivity index (χ2n) is 6.01. The lowest BCUT2D eigenvalue weighted by molar-refractivity contribution is 0.0858. The molecule has 1 rings (SSSR count). The Morgan fingerprint density at radius 1 is 1.11 bits per heavy atom. The number of carbonyl (C=O) groups excluding carboxylic acids is 1. The Morgan fingerprint density at radius 3 is 2.00 bits per heavy atom. The number of Topliss-reactive ketones (excluding diaryl/α,β-unsaturated/α-hetero) is 1. The van der Waals surface area contributed by atoms with E-state index in [0.29, 0.717) is 5.56 Å². The van der Waals surface area contributed by atoms with Crippen LogP contribution in [0.4, 0.5) is 0 Å². The van der Waals surface area contributed by atoms with Crippen LogP contribution in [0.3, 0.4) is 0 Å². The summed E-state index contributed by atoms with van der Waals surface area (Å²) in [6, 6.07) is 7.26. The van der Waals surface area contributed by atoms with Crippen molar-refractivity contribution in [2.24, 2.45) is 5.41 Å². The predicted octanol–water partition coefficient (Wildman–Crippen LogP) is 4.26. The van der Waals surface area contributed by atoms with E-state index < -0.39 is 5.60 Å². The van der Waals surface area contributed by atoms with Crippen LogP contribution in [-0.2, 0) is 0 Å². The Morgan fingerprint density at radius 2 is 1.61 bits per heavy atom. The Hall–Kier alpha value is -1.57. The normalized spacial score (nSPS) is 12.1. The number of hydrogen-bond acceptors (Lipinski definition) is 2. The summed E-state index contributed by atoms with van der Waals surface area (Å²) < 4.78 is 5.74. The van der Waals surface area contributed by atoms with E-state index in [9.17, 15) is 4.79 Å². The lowest BCUT2D eigenvalue weighted by atomic mass is 9.86. The summed E-state index contributed by atoms with van der Waals surface area (Å²) in [4.78, 5) is 12.1. The zero-order valence-electron chi connectivity index (χ0n) is 11.9. The molecular formula is C16H22O2. The first-order chi connectivity index (χ1) is 8.15. The molecule has 0 aromatic heterocycles. The monoisotopic (exact) mass is 246 g/mol. The van der Waals surface area contributed by atoms with Gasteiger partial charge in [-0.1, -0.05) is 27.4 Å². The molecule has 0 saturated heterocycles. The molecule has 2 nitrogen and oxygen atoms in total. The number of rotatable bonds is 4. The third-order valence-corrected chi connectivity index (χ3v) is 2.67. The van der Waals surface area contributed by atoms with Crippen LogP contribution < -0.4 is 4.74 Å². The van der Waals surface area contributed by atoms with Crippen molar-refractivity contribution in [3.8, 4) is 5.75 Å². The summed E-state index contributed by atoms with van der Waals surface area (Å²) in [6.45, 7) is 13.4. The Balaban J connectivity index is 2.87. The van der Waals surface area contributed by atoms with E-state index >= 15 is 0 Å². The van der Waals surface area contributed by atoms with Crippen molar-refractivity contribution in [1.29, 1.82) is 0 Å². The zero-order valence-corrected chi connectivity index (χ0v) is 11.9. The summed E-state index contributed by atoms with van der Waals surface area (Å²) in [5.41, 5.74) is -0.0514. The fourth-order valence-electron chi connectivity index (χ4n) is 1.45. The highest BCUT2D eigenvalue weighted by Gasteiger charge is 2.23. The lowest BCUT2D eigenvalue weighted by Crippen LogP contribution is -2.24. The van der Waals surface area contributed by atoms with Crippen molar-refractivity contribution in [3.05, 3.63) is 42.5 Å². The molecule has 0 radical (unpaired) electrons. The summed E-state index contributed by atoms with van der Waals surface area (Å²) in [7, 11) is 0. The number of ketones is 1. The van der Waals surface area contributed by atoms with Gasteiger partial charge in [0.05, 0.1) is 0 Å². The van der Waals surface area contributed by atoms with Gasteiger partial charge in [0.2, 0.25) is 0 Å². The van der Waals surface area contributed by atoms with Gasteiger partial charge >= 0.3 is 0 Å². The minimum atomic E-state index is -0.407. The molecular weight excluding hydrogens is 224 g/mol. The van der Waals surface area contributed by atoms with Crippen molar-refractivity contribution in [2.75, 3.05) is 0 Å². The second kappa shape index (κ2) is 4.97. The van der Waals surface area contributed by atoms with Gasteiger partial charge in [-0.3, -0.25) is 4.79 Å². The van der Waals surface area contributed by atoms with Crippen LogP contribution in [0.2, 0.25) is 0 Å². The Bertz CT molecular complexity index is 433. The number of ether oxygens (including phenoxy) is 1. The molecule has 98 valence electrons. The van der Waals surface area contributed by atoms with Crippen LogP contribution in [0.5, 0.6) is 5.75 Å². The van der Waals surface area contributed by atoms with E-state index in [1.54, 1.807) is 6.08 Å². The molecule has 0 aliphatic carbocycles.